The van der Waals surface area contributed by atoms with Crippen LogP contribution in [0.2, 0.25) is 0 Å². The van der Waals surface area contributed by atoms with Gasteiger partial charge in [-0.25, -0.2) is 4.68 Å². The summed E-state index contributed by atoms with van der Waals surface area (Å²) in [5, 5.41) is 4.50. The maximum Gasteiger partial charge on any atom is 0.267 e. The Morgan fingerprint density at radius 3 is 2.61 bits per heavy atom. The Morgan fingerprint density at radius 2 is 1.96 bits per heavy atom. The molecule has 0 amide bonds. The normalized spacial score (nSPS) is 11.7. The molecule has 0 unspecified atom stereocenters. The summed E-state index contributed by atoms with van der Waals surface area (Å²) < 4.78 is 6.76. The third-order valence-corrected chi connectivity index (χ3v) is 3.60. The number of rotatable bonds is 5. The van der Waals surface area contributed by atoms with Crippen molar-refractivity contribution in [3.8, 4) is 5.75 Å². The third-order valence-electron chi connectivity index (χ3n) is 3.60. The standard InChI is InChI=1S/C18H25N3O2/c1-18(2,3)16-9-10-17(22)21(19-16)13-20(4)12-14-7-6-8-15(11-14)23-5/h6-11H,12-13H2,1-5H3. The van der Waals surface area contributed by atoms with E-state index in [2.05, 4.69) is 30.8 Å². The highest BCUT2D eigenvalue weighted by Gasteiger charge is 2.17. The molecule has 0 atom stereocenters. The van der Waals surface area contributed by atoms with Gasteiger partial charge in [-0.1, -0.05) is 32.9 Å². The van der Waals surface area contributed by atoms with Gasteiger partial charge in [-0.15, -0.1) is 0 Å². The highest BCUT2D eigenvalue weighted by Crippen LogP contribution is 2.18. The first-order valence-electron chi connectivity index (χ1n) is 7.70. The fourth-order valence-corrected chi connectivity index (χ4v) is 2.31. The smallest absolute Gasteiger partial charge is 0.267 e. The lowest BCUT2D eigenvalue weighted by Gasteiger charge is -2.21. The van der Waals surface area contributed by atoms with Gasteiger partial charge in [0.1, 0.15) is 5.75 Å². The zero-order valence-corrected chi connectivity index (χ0v) is 14.5. The molecule has 1 aromatic heterocycles. The molecule has 0 N–H and O–H groups in total. The van der Waals surface area contributed by atoms with Crippen LogP contribution in [-0.2, 0) is 18.6 Å². The first kappa shape index (κ1) is 17.2. The van der Waals surface area contributed by atoms with Crippen LogP contribution in [0.5, 0.6) is 5.75 Å². The molecule has 0 aliphatic carbocycles. The minimum Gasteiger partial charge on any atom is -0.497 e. The fraction of sp³-hybridized carbons (Fsp3) is 0.444. The highest BCUT2D eigenvalue weighted by atomic mass is 16.5. The molecule has 124 valence electrons. The molecule has 5 nitrogen and oxygen atoms in total. The molecule has 1 aromatic carbocycles. The van der Waals surface area contributed by atoms with Crippen LogP contribution >= 0.6 is 0 Å². The lowest BCUT2D eigenvalue weighted by Crippen LogP contribution is -2.33. The monoisotopic (exact) mass is 315 g/mol. The van der Waals surface area contributed by atoms with Crippen molar-refractivity contribution in [3.05, 3.63) is 58.0 Å². The van der Waals surface area contributed by atoms with Gasteiger partial charge in [0.25, 0.3) is 5.56 Å². The van der Waals surface area contributed by atoms with Crippen LogP contribution in [0.3, 0.4) is 0 Å². The molecule has 0 saturated carbocycles. The van der Waals surface area contributed by atoms with E-state index in [1.54, 1.807) is 19.2 Å². The fourth-order valence-electron chi connectivity index (χ4n) is 2.31. The summed E-state index contributed by atoms with van der Waals surface area (Å²) in [7, 11) is 3.63. The Kier molecular flexibility index (Phi) is 5.21. The van der Waals surface area contributed by atoms with Crippen molar-refractivity contribution in [2.24, 2.45) is 0 Å². The van der Waals surface area contributed by atoms with E-state index in [1.807, 2.05) is 31.3 Å². The number of nitrogens with zero attached hydrogens (tertiary/aromatic N) is 3. The average molecular weight is 315 g/mol. The van der Waals surface area contributed by atoms with Gasteiger partial charge in [-0.3, -0.25) is 9.69 Å². The van der Waals surface area contributed by atoms with E-state index in [-0.39, 0.29) is 11.0 Å². The summed E-state index contributed by atoms with van der Waals surface area (Å²) in [4.78, 5) is 14.1. The molecular formula is C18H25N3O2. The van der Waals surface area contributed by atoms with Crippen molar-refractivity contribution in [1.29, 1.82) is 0 Å². The maximum absolute atomic E-state index is 12.0. The van der Waals surface area contributed by atoms with Gasteiger partial charge in [0, 0.05) is 18.0 Å². The van der Waals surface area contributed by atoms with E-state index < -0.39 is 0 Å². The van der Waals surface area contributed by atoms with Gasteiger partial charge < -0.3 is 4.74 Å². The van der Waals surface area contributed by atoms with Crippen LogP contribution in [0.4, 0.5) is 0 Å². The average Bonchev–Trinajstić information content (AvgIpc) is 2.48. The highest BCUT2D eigenvalue weighted by molar-refractivity contribution is 5.28. The molecule has 0 spiro atoms. The Bertz CT molecular complexity index is 717. The maximum atomic E-state index is 12.0. The largest absolute Gasteiger partial charge is 0.497 e. The van der Waals surface area contributed by atoms with E-state index in [4.69, 9.17) is 4.74 Å². The molecule has 0 aliphatic heterocycles. The topological polar surface area (TPSA) is 47.4 Å². The number of benzene rings is 1. The Morgan fingerprint density at radius 1 is 1.22 bits per heavy atom. The van der Waals surface area contributed by atoms with Crippen LogP contribution < -0.4 is 10.3 Å². The molecule has 0 aliphatic rings. The summed E-state index contributed by atoms with van der Waals surface area (Å²) in [5.41, 5.74) is 1.87. The number of ether oxygens (including phenoxy) is 1. The Balaban J connectivity index is 2.13. The Labute approximate surface area is 137 Å². The second kappa shape index (κ2) is 6.96. The summed E-state index contributed by atoms with van der Waals surface area (Å²) in [5.74, 6) is 0.834. The van der Waals surface area contributed by atoms with E-state index in [0.29, 0.717) is 13.2 Å². The van der Waals surface area contributed by atoms with Gasteiger partial charge in [0.2, 0.25) is 0 Å². The number of methoxy groups -OCH3 is 1. The van der Waals surface area contributed by atoms with Crippen molar-refractivity contribution >= 4 is 0 Å². The van der Waals surface area contributed by atoms with Crippen molar-refractivity contribution in [1.82, 2.24) is 14.7 Å². The molecule has 2 rings (SSSR count). The molecule has 0 saturated heterocycles. The predicted octanol–water partition coefficient (Wildman–Crippen LogP) is 2.64. The predicted molar refractivity (Wildman–Crippen MR) is 91.7 cm³/mol. The first-order chi connectivity index (χ1) is 10.8. The second-order valence-electron chi connectivity index (χ2n) is 6.81. The van der Waals surface area contributed by atoms with Crippen molar-refractivity contribution < 1.29 is 4.74 Å². The summed E-state index contributed by atoms with van der Waals surface area (Å²) in [6.07, 6.45) is 0. The molecule has 2 aromatic rings. The lowest BCUT2D eigenvalue weighted by molar-refractivity contribution is 0.237. The van der Waals surface area contributed by atoms with Crippen LogP contribution in [0.15, 0.2) is 41.2 Å². The second-order valence-corrected chi connectivity index (χ2v) is 6.81. The molecule has 0 radical (unpaired) electrons. The van der Waals surface area contributed by atoms with Gasteiger partial charge >= 0.3 is 0 Å². The molecule has 1 heterocycles. The van der Waals surface area contributed by atoms with Gasteiger partial charge in [0.15, 0.2) is 0 Å². The van der Waals surface area contributed by atoms with Crippen LogP contribution in [-0.4, -0.2) is 28.8 Å². The summed E-state index contributed by atoms with van der Waals surface area (Å²) in [6.45, 7) is 7.42. The number of hydrogen-bond donors (Lipinski definition) is 0. The van der Waals surface area contributed by atoms with Gasteiger partial charge in [-0.2, -0.15) is 5.10 Å². The van der Waals surface area contributed by atoms with E-state index in [9.17, 15) is 4.79 Å². The quantitative estimate of drug-likeness (QED) is 0.851. The van der Waals surface area contributed by atoms with Crippen molar-refractivity contribution in [2.45, 2.75) is 39.4 Å². The SMILES string of the molecule is COc1cccc(CN(C)Cn2nc(C(C)(C)C)ccc2=O)c1. The molecule has 0 bridgehead atoms. The van der Waals surface area contributed by atoms with E-state index >= 15 is 0 Å². The third kappa shape index (κ3) is 4.66. The van der Waals surface area contributed by atoms with E-state index in [1.165, 1.54) is 4.68 Å². The molecule has 23 heavy (non-hydrogen) atoms. The number of hydrogen-bond acceptors (Lipinski definition) is 4. The minimum absolute atomic E-state index is 0.0825. The summed E-state index contributed by atoms with van der Waals surface area (Å²) >= 11 is 0. The molecule has 0 fully saturated rings. The zero-order valence-electron chi connectivity index (χ0n) is 14.5. The van der Waals surface area contributed by atoms with Crippen LogP contribution in [0, 0.1) is 0 Å². The molecule has 5 heteroatoms. The first-order valence-corrected chi connectivity index (χ1v) is 7.70. The van der Waals surface area contributed by atoms with E-state index in [0.717, 1.165) is 17.0 Å². The summed E-state index contributed by atoms with van der Waals surface area (Å²) in [6, 6.07) is 11.3. The lowest BCUT2D eigenvalue weighted by atomic mass is 9.92. The van der Waals surface area contributed by atoms with Crippen molar-refractivity contribution in [3.63, 3.8) is 0 Å². The van der Waals surface area contributed by atoms with Crippen LogP contribution in [0.25, 0.3) is 0 Å². The van der Waals surface area contributed by atoms with Gasteiger partial charge in [-0.05, 0) is 30.8 Å². The number of aromatic nitrogens is 2. The Hall–Kier alpha value is -2.14. The van der Waals surface area contributed by atoms with Crippen molar-refractivity contribution in [2.75, 3.05) is 14.2 Å². The minimum atomic E-state index is -0.0875. The zero-order chi connectivity index (χ0) is 17.0. The van der Waals surface area contributed by atoms with Crippen LogP contribution in [0.1, 0.15) is 32.0 Å². The molecular weight excluding hydrogens is 290 g/mol. The van der Waals surface area contributed by atoms with Gasteiger partial charge in [0.05, 0.1) is 19.5 Å².